The van der Waals surface area contributed by atoms with Crippen LogP contribution < -0.4 is 11.1 Å². The fourth-order valence-electron chi connectivity index (χ4n) is 3.58. The van der Waals surface area contributed by atoms with Gasteiger partial charge in [-0.25, -0.2) is 4.98 Å². The van der Waals surface area contributed by atoms with Crippen molar-refractivity contribution in [2.75, 3.05) is 32.9 Å². The van der Waals surface area contributed by atoms with Gasteiger partial charge in [-0.15, -0.1) is 0 Å². The van der Waals surface area contributed by atoms with Gasteiger partial charge in [-0.1, -0.05) is 12.7 Å². The lowest BCUT2D eigenvalue weighted by molar-refractivity contribution is 0.196. The molecule has 2 atom stereocenters. The fourth-order valence-corrected chi connectivity index (χ4v) is 3.58. The molecule has 4 N–H and O–H groups in total. The predicted octanol–water partition coefficient (Wildman–Crippen LogP) is 1.92. The van der Waals surface area contributed by atoms with Gasteiger partial charge >= 0.3 is 0 Å². The van der Waals surface area contributed by atoms with E-state index in [-0.39, 0.29) is 5.92 Å². The van der Waals surface area contributed by atoms with Crippen LogP contribution in [0.2, 0.25) is 0 Å². The number of nitrogens with zero attached hydrogens (tertiary/aromatic N) is 4. The van der Waals surface area contributed by atoms with Crippen molar-refractivity contribution >= 4 is 17.0 Å². The van der Waals surface area contributed by atoms with Crippen LogP contribution in [0.3, 0.4) is 0 Å². The maximum Gasteiger partial charge on any atom is 0.165 e. The summed E-state index contributed by atoms with van der Waals surface area (Å²) in [5.41, 5.74) is 10.5. The smallest absolute Gasteiger partial charge is 0.165 e. The zero-order valence-electron chi connectivity index (χ0n) is 15.7. The molecule has 0 aliphatic carbocycles. The van der Waals surface area contributed by atoms with E-state index in [4.69, 9.17) is 10.7 Å². The Kier molecular flexibility index (Phi) is 5.29. The van der Waals surface area contributed by atoms with Crippen molar-refractivity contribution in [3.63, 3.8) is 0 Å². The third-order valence-electron chi connectivity index (χ3n) is 4.78. The molecule has 0 radical (unpaired) electrons. The molecule has 2 aromatic rings. The Morgan fingerprint density at radius 2 is 2.31 bits per heavy atom. The molecule has 3 heterocycles. The number of hydrogen-bond acceptors (Lipinski definition) is 6. The van der Waals surface area contributed by atoms with Crippen LogP contribution in [0.4, 0.5) is 5.82 Å². The second kappa shape index (κ2) is 7.47. The summed E-state index contributed by atoms with van der Waals surface area (Å²) >= 11 is 0. The number of nitrogens with one attached hydrogen (secondary N) is 1. The summed E-state index contributed by atoms with van der Waals surface area (Å²) in [6.07, 6.45) is 6.94. The minimum atomic E-state index is -0.701. The minimum absolute atomic E-state index is 0.230. The standard InChI is InChI=1S/C19H28N6O/c1-5-13(11-24(3)4)15-10-22-25-18(20)16(12(2)26)17(23-19(15)25)14-7-6-8-21-9-14/h5,10-12,14,21,26H,1,6-9,20H2,2-4H3/b13-11+. The summed E-state index contributed by atoms with van der Waals surface area (Å²) in [6, 6.07) is 0. The summed E-state index contributed by atoms with van der Waals surface area (Å²) in [5.74, 6) is 0.679. The number of aromatic nitrogens is 3. The van der Waals surface area contributed by atoms with Crippen LogP contribution in [0.5, 0.6) is 0 Å². The van der Waals surface area contributed by atoms with Gasteiger partial charge in [0.05, 0.1) is 18.0 Å². The van der Waals surface area contributed by atoms with Gasteiger partial charge < -0.3 is 21.1 Å². The predicted molar refractivity (Wildman–Crippen MR) is 105 cm³/mol. The molecule has 3 rings (SSSR count). The van der Waals surface area contributed by atoms with Crippen molar-refractivity contribution in [1.29, 1.82) is 0 Å². The number of rotatable bonds is 5. The molecule has 1 aliphatic heterocycles. The van der Waals surface area contributed by atoms with Crippen molar-refractivity contribution in [3.8, 4) is 0 Å². The van der Waals surface area contributed by atoms with Gasteiger partial charge in [0.25, 0.3) is 0 Å². The first-order chi connectivity index (χ1) is 12.4. The Hall–Kier alpha value is -2.38. The lowest BCUT2D eigenvalue weighted by Crippen LogP contribution is -2.30. The molecule has 0 bridgehead atoms. The molecule has 2 unspecified atom stereocenters. The average Bonchev–Trinajstić information content (AvgIpc) is 3.04. The maximum atomic E-state index is 10.3. The Balaban J connectivity index is 2.23. The van der Waals surface area contributed by atoms with Crippen molar-refractivity contribution in [3.05, 3.63) is 41.9 Å². The molecule has 1 saturated heterocycles. The molecule has 0 amide bonds. The van der Waals surface area contributed by atoms with E-state index in [1.807, 2.05) is 25.2 Å². The number of nitrogen functional groups attached to an aromatic ring is 1. The SMILES string of the molecule is C=C/C(=C\N(C)C)c1cnn2c(N)c(C(C)O)c(C3CCCNC3)nc12. The highest BCUT2D eigenvalue weighted by Gasteiger charge is 2.26. The topological polar surface area (TPSA) is 91.7 Å². The van der Waals surface area contributed by atoms with Crippen LogP contribution in [-0.2, 0) is 0 Å². The van der Waals surface area contributed by atoms with Gasteiger partial charge in [-0.3, -0.25) is 0 Å². The van der Waals surface area contributed by atoms with E-state index in [1.54, 1.807) is 23.7 Å². The monoisotopic (exact) mass is 356 g/mol. The van der Waals surface area contributed by atoms with Gasteiger partial charge in [0.15, 0.2) is 5.65 Å². The third kappa shape index (κ3) is 3.32. The second-order valence-electron chi connectivity index (χ2n) is 7.06. The van der Waals surface area contributed by atoms with Crippen molar-refractivity contribution in [1.82, 2.24) is 24.8 Å². The number of fused-ring (bicyclic) bond motifs is 1. The number of allylic oxidation sites excluding steroid dienone is 2. The Bertz CT molecular complexity index is 830. The molecular weight excluding hydrogens is 328 g/mol. The number of piperidine rings is 1. The van der Waals surface area contributed by atoms with Crippen molar-refractivity contribution in [2.45, 2.75) is 31.8 Å². The molecule has 0 spiro atoms. The quantitative estimate of drug-likeness (QED) is 0.709. The largest absolute Gasteiger partial charge is 0.388 e. The maximum absolute atomic E-state index is 10.3. The Labute approximate surface area is 154 Å². The van der Waals surface area contributed by atoms with E-state index in [9.17, 15) is 5.11 Å². The Morgan fingerprint density at radius 1 is 1.54 bits per heavy atom. The highest BCUT2D eigenvalue weighted by molar-refractivity contribution is 5.82. The zero-order chi connectivity index (χ0) is 18.8. The van der Waals surface area contributed by atoms with Gasteiger partial charge in [0, 0.05) is 49.5 Å². The summed E-state index contributed by atoms with van der Waals surface area (Å²) in [7, 11) is 3.92. The first-order valence-corrected chi connectivity index (χ1v) is 9.00. The lowest BCUT2D eigenvalue weighted by Gasteiger charge is -2.26. The summed E-state index contributed by atoms with van der Waals surface area (Å²) in [6.45, 7) is 7.50. The van der Waals surface area contributed by atoms with Crippen LogP contribution >= 0.6 is 0 Å². The molecule has 7 nitrogen and oxygen atoms in total. The second-order valence-corrected chi connectivity index (χ2v) is 7.06. The van der Waals surface area contributed by atoms with E-state index in [0.717, 1.165) is 42.8 Å². The molecule has 1 aliphatic rings. The zero-order valence-corrected chi connectivity index (χ0v) is 15.7. The van der Waals surface area contributed by atoms with Crippen LogP contribution in [0.25, 0.3) is 11.2 Å². The van der Waals surface area contributed by atoms with E-state index in [0.29, 0.717) is 17.0 Å². The molecular formula is C19H28N6O. The Morgan fingerprint density at radius 3 is 2.88 bits per heavy atom. The van der Waals surface area contributed by atoms with Gasteiger partial charge in [0.2, 0.25) is 0 Å². The van der Waals surface area contributed by atoms with E-state index >= 15 is 0 Å². The fraction of sp³-hybridized carbons (Fsp3) is 0.474. The number of hydrogen-bond donors (Lipinski definition) is 3. The molecule has 7 heteroatoms. The molecule has 1 fully saturated rings. The number of nitrogens with two attached hydrogens (primary N) is 1. The van der Waals surface area contributed by atoms with Crippen LogP contribution in [-0.4, -0.2) is 51.8 Å². The first kappa shape index (κ1) is 18.4. The van der Waals surface area contributed by atoms with E-state index < -0.39 is 6.10 Å². The van der Waals surface area contributed by atoms with E-state index in [2.05, 4.69) is 17.0 Å². The first-order valence-electron chi connectivity index (χ1n) is 9.00. The van der Waals surface area contributed by atoms with Crippen molar-refractivity contribution < 1.29 is 5.11 Å². The molecule has 140 valence electrons. The number of anilines is 1. The minimum Gasteiger partial charge on any atom is -0.388 e. The number of aliphatic hydroxyl groups is 1. The summed E-state index contributed by atoms with van der Waals surface area (Å²) < 4.78 is 1.62. The van der Waals surface area contributed by atoms with Crippen molar-refractivity contribution in [2.24, 2.45) is 0 Å². The molecule has 0 aromatic carbocycles. The summed E-state index contributed by atoms with van der Waals surface area (Å²) in [4.78, 5) is 6.89. The van der Waals surface area contributed by atoms with Crippen LogP contribution in [0, 0.1) is 0 Å². The number of aliphatic hydroxyl groups excluding tert-OH is 1. The molecule has 2 aromatic heterocycles. The highest BCUT2D eigenvalue weighted by Crippen LogP contribution is 2.34. The highest BCUT2D eigenvalue weighted by atomic mass is 16.3. The van der Waals surface area contributed by atoms with Crippen LogP contribution in [0.15, 0.2) is 25.1 Å². The van der Waals surface area contributed by atoms with E-state index in [1.165, 1.54) is 0 Å². The van der Waals surface area contributed by atoms with Gasteiger partial charge in [-0.05, 0) is 26.3 Å². The molecule has 0 saturated carbocycles. The lowest BCUT2D eigenvalue weighted by atomic mass is 9.91. The summed E-state index contributed by atoms with van der Waals surface area (Å²) in [5, 5.41) is 18.2. The average molecular weight is 356 g/mol. The van der Waals surface area contributed by atoms with Gasteiger partial charge in [-0.2, -0.15) is 9.61 Å². The third-order valence-corrected chi connectivity index (χ3v) is 4.78. The van der Waals surface area contributed by atoms with Crippen LogP contribution in [0.1, 0.15) is 48.6 Å². The molecule has 26 heavy (non-hydrogen) atoms. The van der Waals surface area contributed by atoms with Gasteiger partial charge in [0.1, 0.15) is 5.82 Å². The normalized spacial score (nSPS) is 19.5.